The lowest BCUT2D eigenvalue weighted by Gasteiger charge is -2.10. The summed E-state index contributed by atoms with van der Waals surface area (Å²) in [6.07, 6.45) is 1.66. The van der Waals surface area contributed by atoms with E-state index >= 15 is 0 Å². The number of nitrogens with zero attached hydrogens (tertiary/aromatic N) is 4. The van der Waals surface area contributed by atoms with E-state index in [4.69, 9.17) is 11.6 Å². The van der Waals surface area contributed by atoms with Crippen LogP contribution in [0, 0.1) is 13.8 Å². The molecule has 4 rings (SSSR count). The zero-order chi connectivity index (χ0) is 20.4. The molecule has 2 aromatic heterocycles. The molecule has 0 aliphatic rings. The van der Waals surface area contributed by atoms with Crippen LogP contribution in [0.5, 0.6) is 0 Å². The van der Waals surface area contributed by atoms with Gasteiger partial charge in [0.15, 0.2) is 0 Å². The molecule has 4 aromatic rings. The third kappa shape index (κ3) is 4.22. The first-order valence-electron chi connectivity index (χ1n) is 9.21. The van der Waals surface area contributed by atoms with Gasteiger partial charge in [-0.15, -0.1) is 0 Å². The van der Waals surface area contributed by atoms with Crippen molar-refractivity contribution in [2.45, 2.75) is 20.4 Å². The van der Waals surface area contributed by atoms with E-state index in [0.29, 0.717) is 22.9 Å². The van der Waals surface area contributed by atoms with Crippen molar-refractivity contribution in [2.24, 2.45) is 0 Å². The highest BCUT2D eigenvalue weighted by Gasteiger charge is 2.11. The Morgan fingerprint density at radius 3 is 2.41 bits per heavy atom. The molecule has 0 saturated heterocycles. The first-order valence-corrected chi connectivity index (χ1v) is 9.59. The molecule has 0 fully saturated rings. The van der Waals surface area contributed by atoms with Crippen molar-refractivity contribution < 1.29 is 4.79 Å². The number of halogens is 1. The van der Waals surface area contributed by atoms with E-state index in [1.807, 2.05) is 61.0 Å². The molecule has 29 heavy (non-hydrogen) atoms. The summed E-state index contributed by atoms with van der Waals surface area (Å²) in [5, 5.41) is 12.4. The number of aromatic nitrogens is 4. The molecular weight excluding hydrogens is 386 g/mol. The van der Waals surface area contributed by atoms with E-state index in [0.717, 1.165) is 22.6 Å². The van der Waals surface area contributed by atoms with E-state index in [9.17, 15) is 4.79 Å². The van der Waals surface area contributed by atoms with Gasteiger partial charge in [0.25, 0.3) is 5.91 Å². The van der Waals surface area contributed by atoms with Crippen LogP contribution in [0.4, 0.5) is 5.82 Å². The minimum absolute atomic E-state index is 0.192. The Kier molecular flexibility index (Phi) is 5.18. The summed E-state index contributed by atoms with van der Waals surface area (Å²) in [4.78, 5) is 12.7. The molecule has 2 aromatic carbocycles. The highest BCUT2D eigenvalue weighted by molar-refractivity contribution is 6.30. The lowest BCUT2D eigenvalue weighted by atomic mass is 10.2. The van der Waals surface area contributed by atoms with E-state index < -0.39 is 0 Å². The van der Waals surface area contributed by atoms with E-state index in [-0.39, 0.29) is 5.91 Å². The van der Waals surface area contributed by atoms with Gasteiger partial charge in [-0.2, -0.15) is 10.2 Å². The van der Waals surface area contributed by atoms with Crippen molar-refractivity contribution in [1.82, 2.24) is 19.6 Å². The first-order chi connectivity index (χ1) is 14.0. The summed E-state index contributed by atoms with van der Waals surface area (Å²) in [6.45, 7) is 4.50. The molecule has 1 N–H and O–H groups in total. The smallest absolute Gasteiger partial charge is 0.256 e. The second-order valence-electron chi connectivity index (χ2n) is 6.84. The number of hydrogen-bond acceptors (Lipinski definition) is 3. The van der Waals surface area contributed by atoms with Gasteiger partial charge in [0, 0.05) is 22.3 Å². The fourth-order valence-corrected chi connectivity index (χ4v) is 3.29. The Balaban J connectivity index is 1.48. The number of rotatable bonds is 5. The zero-order valence-electron chi connectivity index (χ0n) is 16.1. The van der Waals surface area contributed by atoms with Crippen molar-refractivity contribution in [3.63, 3.8) is 0 Å². The number of hydrogen-bond donors (Lipinski definition) is 1. The first kappa shape index (κ1) is 19.0. The van der Waals surface area contributed by atoms with Gasteiger partial charge in [0.2, 0.25) is 0 Å². The SMILES string of the molecule is Cc1cc(C)n(-c2ccc(C(=O)Nc3ccnn3Cc3ccc(Cl)cc3)cc2)n1. The van der Waals surface area contributed by atoms with Crippen LogP contribution in [-0.4, -0.2) is 25.5 Å². The lowest BCUT2D eigenvalue weighted by Crippen LogP contribution is -2.16. The molecule has 7 heteroatoms. The van der Waals surface area contributed by atoms with Crippen LogP contribution in [0.1, 0.15) is 27.3 Å². The molecule has 0 atom stereocenters. The number of benzene rings is 2. The summed E-state index contributed by atoms with van der Waals surface area (Å²) >= 11 is 5.94. The minimum atomic E-state index is -0.192. The largest absolute Gasteiger partial charge is 0.307 e. The van der Waals surface area contributed by atoms with Crippen LogP contribution in [0.2, 0.25) is 5.02 Å². The maximum absolute atomic E-state index is 12.7. The number of carbonyl (C=O) groups is 1. The Morgan fingerprint density at radius 2 is 1.76 bits per heavy atom. The van der Waals surface area contributed by atoms with Crippen LogP contribution >= 0.6 is 11.6 Å². The molecule has 146 valence electrons. The normalized spacial score (nSPS) is 10.9. The molecule has 1 amide bonds. The standard InChI is InChI=1S/C22H20ClN5O/c1-15-13-16(2)28(26-15)20-9-5-18(6-10-20)22(29)25-21-11-12-24-27(21)14-17-3-7-19(23)8-4-17/h3-13H,14H2,1-2H3,(H,25,29). The molecule has 0 unspecified atom stereocenters. The fourth-order valence-electron chi connectivity index (χ4n) is 3.16. The summed E-state index contributed by atoms with van der Waals surface area (Å²) in [5.41, 5.74) is 4.53. The molecule has 6 nitrogen and oxygen atoms in total. The number of amides is 1. The van der Waals surface area contributed by atoms with E-state index in [1.165, 1.54) is 0 Å². The second kappa shape index (κ2) is 7.93. The number of nitrogens with one attached hydrogen (secondary N) is 1. The highest BCUT2D eigenvalue weighted by Crippen LogP contribution is 2.16. The van der Waals surface area contributed by atoms with Crippen molar-refractivity contribution in [3.05, 3.63) is 94.4 Å². The van der Waals surface area contributed by atoms with Gasteiger partial charge in [0.05, 0.1) is 24.1 Å². The van der Waals surface area contributed by atoms with Crippen LogP contribution in [0.3, 0.4) is 0 Å². The second-order valence-corrected chi connectivity index (χ2v) is 7.28. The Hall–Kier alpha value is -3.38. The van der Waals surface area contributed by atoms with Gasteiger partial charge in [-0.05, 0) is 61.9 Å². The van der Waals surface area contributed by atoms with Crippen molar-refractivity contribution in [1.29, 1.82) is 0 Å². The van der Waals surface area contributed by atoms with Crippen molar-refractivity contribution >= 4 is 23.3 Å². The highest BCUT2D eigenvalue weighted by atomic mass is 35.5. The van der Waals surface area contributed by atoms with Gasteiger partial charge < -0.3 is 5.32 Å². The zero-order valence-corrected chi connectivity index (χ0v) is 16.9. The molecule has 0 aliphatic carbocycles. The van der Waals surface area contributed by atoms with E-state index in [2.05, 4.69) is 15.5 Å². The van der Waals surface area contributed by atoms with Crippen LogP contribution < -0.4 is 5.32 Å². The average Bonchev–Trinajstić information content (AvgIpc) is 3.29. The predicted molar refractivity (Wildman–Crippen MR) is 114 cm³/mol. The number of carbonyl (C=O) groups excluding carboxylic acids is 1. The van der Waals surface area contributed by atoms with Gasteiger partial charge in [-0.1, -0.05) is 23.7 Å². The van der Waals surface area contributed by atoms with Gasteiger partial charge in [-0.3, -0.25) is 4.79 Å². The molecule has 0 aliphatic heterocycles. The topological polar surface area (TPSA) is 64.7 Å². The maximum Gasteiger partial charge on any atom is 0.256 e. The molecular formula is C22H20ClN5O. The van der Waals surface area contributed by atoms with E-state index in [1.54, 1.807) is 29.1 Å². The molecule has 0 radical (unpaired) electrons. The number of anilines is 1. The minimum Gasteiger partial charge on any atom is -0.307 e. The summed E-state index contributed by atoms with van der Waals surface area (Å²) in [7, 11) is 0. The summed E-state index contributed by atoms with van der Waals surface area (Å²) in [5.74, 6) is 0.440. The van der Waals surface area contributed by atoms with Crippen LogP contribution in [-0.2, 0) is 6.54 Å². The third-order valence-corrected chi connectivity index (χ3v) is 4.84. The fraction of sp³-hybridized carbons (Fsp3) is 0.136. The summed E-state index contributed by atoms with van der Waals surface area (Å²) in [6, 6.07) is 18.7. The maximum atomic E-state index is 12.7. The molecule has 0 bridgehead atoms. The predicted octanol–water partition coefficient (Wildman–Crippen LogP) is 4.64. The Bertz CT molecular complexity index is 1140. The van der Waals surface area contributed by atoms with Crippen LogP contribution in [0.15, 0.2) is 66.9 Å². The quantitative estimate of drug-likeness (QED) is 0.526. The monoisotopic (exact) mass is 405 g/mol. The van der Waals surface area contributed by atoms with Crippen LogP contribution in [0.25, 0.3) is 5.69 Å². The lowest BCUT2D eigenvalue weighted by molar-refractivity contribution is 0.102. The van der Waals surface area contributed by atoms with Gasteiger partial charge >= 0.3 is 0 Å². The van der Waals surface area contributed by atoms with Crippen molar-refractivity contribution in [2.75, 3.05) is 5.32 Å². The molecule has 0 spiro atoms. The summed E-state index contributed by atoms with van der Waals surface area (Å²) < 4.78 is 3.60. The molecule has 0 saturated carbocycles. The Morgan fingerprint density at radius 1 is 1.03 bits per heavy atom. The number of aryl methyl sites for hydroxylation is 2. The van der Waals surface area contributed by atoms with Gasteiger partial charge in [-0.25, -0.2) is 9.36 Å². The average molecular weight is 406 g/mol. The Labute approximate surface area is 173 Å². The third-order valence-electron chi connectivity index (χ3n) is 4.59. The van der Waals surface area contributed by atoms with Crippen molar-refractivity contribution in [3.8, 4) is 5.69 Å². The van der Waals surface area contributed by atoms with Gasteiger partial charge in [0.1, 0.15) is 5.82 Å². The molecule has 2 heterocycles.